The lowest BCUT2D eigenvalue weighted by atomic mass is 9.45. The van der Waals surface area contributed by atoms with Crippen LogP contribution in [0.15, 0.2) is 39.3 Å². The van der Waals surface area contributed by atoms with Crippen LogP contribution in [0, 0.1) is 22.7 Å². The maximum Gasteiger partial charge on any atom is 0.335 e. The van der Waals surface area contributed by atoms with Crippen LogP contribution in [-0.2, 0) is 28.4 Å². The van der Waals surface area contributed by atoms with E-state index in [4.69, 9.17) is 32.8 Å². The highest BCUT2D eigenvalue weighted by molar-refractivity contribution is 5.31. The van der Waals surface area contributed by atoms with Gasteiger partial charge in [-0.2, -0.15) is 0 Å². The molecular formula is C42H62O17. The van der Waals surface area contributed by atoms with Gasteiger partial charge < -0.3 is 78.8 Å². The molecule has 7 aliphatic rings. The molecule has 17 nitrogen and oxygen atoms in total. The summed E-state index contributed by atoms with van der Waals surface area (Å²) in [5.41, 5.74) is 0.364. The van der Waals surface area contributed by atoms with E-state index >= 15 is 0 Å². The highest BCUT2D eigenvalue weighted by atomic mass is 16.8. The second-order valence-electron chi connectivity index (χ2n) is 18.7. The summed E-state index contributed by atoms with van der Waals surface area (Å²) < 4.78 is 41.5. The first kappa shape index (κ1) is 43.7. The third-order valence-electron chi connectivity index (χ3n) is 15.7. The summed E-state index contributed by atoms with van der Waals surface area (Å²) in [5, 5.41) is 97.6. The number of fused-ring (bicyclic) bond motifs is 5. The van der Waals surface area contributed by atoms with Gasteiger partial charge in [0.15, 0.2) is 18.9 Å². The van der Waals surface area contributed by atoms with Gasteiger partial charge in [0.05, 0.1) is 36.8 Å². The number of hydrogen-bond donors (Lipinski definition) is 9. The zero-order valence-corrected chi connectivity index (χ0v) is 33.9. The molecular weight excluding hydrogens is 776 g/mol. The molecule has 22 atom stereocenters. The molecule has 4 aliphatic carbocycles. The maximum atomic E-state index is 12.7. The highest BCUT2D eigenvalue weighted by Gasteiger charge is 2.67. The minimum atomic E-state index is -1.78. The van der Waals surface area contributed by atoms with Gasteiger partial charge in [-0.15, -0.1) is 0 Å². The van der Waals surface area contributed by atoms with E-state index in [1.807, 2.05) is 6.07 Å². The highest BCUT2D eigenvalue weighted by Crippen LogP contribution is 2.70. The number of rotatable bonds is 8. The van der Waals surface area contributed by atoms with Crippen molar-refractivity contribution in [3.8, 4) is 0 Å². The first-order valence-electron chi connectivity index (χ1n) is 21.2. The lowest BCUT2D eigenvalue weighted by molar-refractivity contribution is -0.384. The van der Waals surface area contributed by atoms with Crippen LogP contribution in [0.1, 0.15) is 90.5 Å². The molecule has 0 amide bonds. The molecule has 332 valence electrons. The van der Waals surface area contributed by atoms with Gasteiger partial charge >= 0.3 is 5.63 Å². The standard InChI is InChI=1S/C42H62O17/c1-18-28(45)30(47)32(49)37(54-18)59-36-34(51)39(55-19(2)35(36)58-38-33(50)31(48)29(46)26(16-43)57-38)56-22-9-12-40(3)21(15-22)6-7-25-24(40)10-13-41(4)23(11-14-42(25,41)52)20-5-8-27(44)53-17-20/h5,8,15,17-19,22-26,28-39,43,45-52H,6-7,9-14,16H2,1-4H3/t18-,19-,22-,23?,24-,25+,26+,28-,29+,30+,31-,32+,33+,34+,35-,36-,37-,38-,39-,40-,41+,42-/m0/s1. The predicted molar refractivity (Wildman–Crippen MR) is 202 cm³/mol. The fourth-order valence-corrected chi connectivity index (χ4v) is 12.1. The second-order valence-corrected chi connectivity index (χ2v) is 18.7. The molecule has 0 spiro atoms. The molecule has 3 saturated heterocycles. The average molecular weight is 839 g/mol. The van der Waals surface area contributed by atoms with Crippen LogP contribution in [0.4, 0.5) is 0 Å². The van der Waals surface area contributed by atoms with Gasteiger partial charge in [0.25, 0.3) is 0 Å². The Morgan fingerprint density at radius 1 is 0.695 bits per heavy atom. The SMILES string of the molecule is C[C@@H]1O[C@@H](O[C@H]2[C@@H](O)[C@H](O[C@@H]3C=C4CC[C@@H]5[C@H](CC[C@]6(C)C(c7ccc(=O)oc7)CC[C@]56O)[C@@]4(C)CC3)O[C@@H](C)[C@@H]2O[C@@H]2O[C@H](CO)[C@@H](O)[C@H](O)[C@H]2O)[C@H](O)[C@H](O)[C@H]1O. The number of aliphatic hydroxyl groups is 9. The normalized spacial score (nSPS) is 52.6. The van der Waals surface area contributed by atoms with Crippen molar-refractivity contribution in [2.45, 2.75) is 189 Å². The van der Waals surface area contributed by atoms with Crippen molar-refractivity contribution in [1.29, 1.82) is 0 Å². The Hall–Kier alpha value is -1.91. The number of ether oxygens (including phenoxy) is 6. The molecule has 59 heavy (non-hydrogen) atoms. The van der Waals surface area contributed by atoms with Gasteiger partial charge in [-0.25, -0.2) is 4.79 Å². The molecule has 8 rings (SSSR count). The zero-order valence-electron chi connectivity index (χ0n) is 33.9. The van der Waals surface area contributed by atoms with E-state index in [1.165, 1.54) is 18.6 Å². The summed E-state index contributed by atoms with van der Waals surface area (Å²) in [5.74, 6) is 0.407. The van der Waals surface area contributed by atoms with Gasteiger partial charge in [0.1, 0.15) is 61.0 Å². The van der Waals surface area contributed by atoms with Crippen molar-refractivity contribution in [2.24, 2.45) is 22.7 Å². The quantitative estimate of drug-likeness (QED) is 0.152. The van der Waals surface area contributed by atoms with Gasteiger partial charge in [0, 0.05) is 11.5 Å². The monoisotopic (exact) mass is 838 g/mol. The van der Waals surface area contributed by atoms with Crippen molar-refractivity contribution in [1.82, 2.24) is 0 Å². The van der Waals surface area contributed by atoms with E-state index in [0.29, 0.717) is 12.8 Å². The molecule has 1 aromatic heterocycles. The lowest BCUT2D eigenvalue weighted by Gasteiger charge is -2.62. The van der Waals surface area contributed by atoms with E-state index in [0.717, 1.165) is 44.1 Å². The molecule has 4 heterocycles. The van der Waals surface area contributed by atoms with Gasteiger partial charge in [-0.1, -0.05) is 25.5 Å². The second kappa shape index (κ2) is 16.3. The van der Waals surface area contributed by atoms with Gasteiger partial charge in [-0.05, 0) is 100 Å². The number of hydrogen-bond acceptors (Lipinski definition) is 17. The molecule has 0 bridgehead atoms. The molecule has 3 aliphatic heterocycles. The molecule has 0 aromatic carbocycles. The third-order valence-corrected chi connectivity index (χ3v) is 15.7. The summed E-state index contributed by atoms with van der Waals surface area (Å²) in [6.07, 6.45) is -12.6. The van der Waals surface area contributed by atoms with Gasteiger partial charge in [0.2, 0.25) is 0 Å². The Kier molecular flexibility index (Phi) is 12.1. The summed E-state index contributed by atoms with van der Waals surface area (Å²) in [6.45, 7) is 6.87. The van der Waals surface area contributed by atoms with Crippen LogP contribution < -0.4 is 5.63 Å². The fourth-order valence-electron chi connectivity index (χ4n) is 12.1. The lowest BCUT2D eigenvalue weighted by Crippen LogP contribution is -2.66. The molecule has 1 aromatic rings. The van der Waals surface area contributed by atoms with E-state index in [2.05, 4.69) is 19.9 Å². The van der Waals surface area contributed by atoms with Crippen LogP contribution in [0.25, 0.3) is 0 Å². The zero-order chi connectivity index (χ0) is 42.3. The number of aliphatic hydroxyl groups excluding tert-OH is 8. The third kappa shape index (κ3) is 7.28. The predicted octanol–water partition coefficient (Wildman–Crippen LogP) is -0.310. The molecule has 1 unspecified atom stereocenters. The summed E-state index contributed by atoms with van der Waals surface area (Å²) in [6, 6.07) is 3.29. The van der Waals surface area contributed by atoms with Crippen molar-refractivity contribution >= 4 is 0 Å². The Morgan fingerprint density at radius 3 is 2.05 bits per heavy atom. The minimum Gasteiger partial charge on any atom is -0.431 e. The van der Waals surface area contributed by atoms with E-state index in [9.17, 15) is 50.8 Å². The summed E-state index contributed by atoms with van der Waals surface area (Å²) in [4.78, 5) is 11.7. The summed E-state index contributed by atoms with van der Waals surface area (Å²) in [7, 11) is 0. The van der Waals surface area contributed by atoms with Crippen LogP contribution in [0.3, 0.4) is 0 Å². The molecule has 17 heteroatoms. The van der Waals surface area contributed by atoms with E-state index in [-0.39, 0.29) is 28.6 Å². The largest absolute Gasteiger partial charge is 0.431 e. The molecule has 9 N–H and O–H groups in total. The number of allylic oxidation sites excluding steroid dienone is 1. The minimum absolute atomic E-state index is 0.0824. The Morgan fingerprint density at radius 2 is 1.36 bits per heavy atom. The Bertz CT molecular complexity index is 1720. The molecule has 6 fully saturated rings. The van der Waals surface area contributed by atoms with Crippen molar-refractivity contribution < 1.29 is 78.8 Å². The molecule has 0 radical (unpaired) electrons. The fraction of sp³-hybridized carbons (Fsp3) is 0.833. The van der Waals surface area contributed by atoms with Crippen LogP contribution in [-0.4, -0.2) is 156 Å². The first-order chi connectivity index (χ1) is 27.9. The van der Waals surface area contributed by atoms with E-state index < -0.39 is 116 Å². The van der Waals surface area contributed by atoms with E-state index in [1.54, 1.807) is 13.2 Å². The Labute approximate surface area is 342 Å². The van der Waals surface area contributed by atoms with Crippen LogP contribution in [0.2, 0.25) is 0 Å². The Balaban J connectivity index is 0.998. The topological polar surface area (TPSA) is 268 Å². The van der Waals surface area contributed by atoms with Gasteiger partial charge in [-0.3, -0.25) is 0 Å². The van der Waals surface area contributed by atoms with Crippen LogP contribution in [0.5, 0.6) is 0 Å². The van der Waals surface area contributed by atoms with Crippen molar-refractivity contribution in [2.75, 3.05) is 6.61 Å². The first-order valence-corrected chi connectivity index (χ1v) is 21.2. The van der Waals surface area contributed by atoms with Crippen molar-refractivity contribution in [3.05, 3.63) is 46.0 Å². The smallest absolute Gasteiger partial charge is 0.335 e. The molecule has 3 saturated carbocycles. The average Bonchev–Trinajstić information content (AvgIpc) is 3.50. The van der Waals surface area contributed by atoms with Crippen molar-refractivity contribution in [3.63, 3.8) is 0 Å². The van der Waals surface area contributed by atoms with Crippen LogP contribution >= 0.6 is 0 Å². The maximum absolute atomic E-state index is 12.7. The summed E-state index contributed by atoms with van der Waals surface area (Å²) >= 11 is 0.